The Hall–Kier alpha value is -1.34. The summed E-state index contributed by atoms with van der Waals surface area (Å²) < 4.78 is 0. The first-order valence-corrected chi connectivity index (χ1v) is 5.26. The van der Waals surface area contributed by atoms with E-state index < -0.39 is 0 Å². The summed E-state index contributed by atoms with van der Waals surface area (Å²) in [4.78, 5) is 2.31. The third-order valence-corrected chi connectivity index (χ3v) is 2.43. The Morgan fingerprint density at radius 2 is 1.73 bits per heavy atom. The molecule has 0 aliphatic rings. The molecule has 1 rings (SSSR count). The highest BCUT2D eigenvalue weighted by atomic mass is 15.1. The van der Waals surface area contributed by atoms with Crippen molar-refractivity contribution >= 4 is 0 Å². The minimum Gasteiger partial charge on any atom is -0.292 e. The molecule has 0 aliphatic carbocycles. The number of benzene rings is 1. The molecule has 0 N–H and O–H groups in total. The van der Waals surface area contributed by atoms with Gasteiger partial charge in [-0.3, -0.25) is 4.90 Å². The molecule has 0 unspecified atom stereocenters. The molecule has 0 amide bonds. The zero-order valence-corrected chi connectivity index (χ0v) is 9.45. The van der Waals surface area contributed by atoms with E-state index in [2.05, 4.69) is 49.2 Å². The zero-order valence-electron chi connectivity index (χ0n) is 9.45. The molecule has 1 aromatic carbocycles. The summed E-state index contributed by atoms with van der Waals surface area (Å²) in [5.74, 6) is 0. The Bertz CT molecular complexity index is 318. The van der Waals surface area contributed by atoms with Crippen LogP contribution in [0, 0.1) is 6.92 Å². The maximum Gasteiger partial charge on any atom is 0.0242 e. The number of aryl methyl sites for hydroxylation is 1. The molecule has 0 saturated carbocycles. The SMILES string of the molecule is C=CCN(CC=C)Cc1ccccc1C. The van der Waals surface area contributed by atoms with E-state index in [1.807, 2.05) is 12.2 Å². The van der Waals surface area contributed by atoms with Gasteiger partial charge in [-0.2, -0.15) is 0 Å². The fraction of sp³-hybridized carbons (Fsp3) is 0.286. The molecule has 1 aromatic rings. The van der Waals surface area contributed by atoms with E-state index >= 15 is 0 Å². The van der Waals surface area contributed by atoms with Crippen molar-refractivity contribution in [2.75, 3.05) is 13.1 Å². The van der Waals surface area contributed by atoms with E-state index in [-0.39, 0.29) is 0 Å². The van der Waals surface area contributed by atoms with Gasteiger partial charge in [0.15, 0.2) is 0 Å². The Morgan fingerprint density at radius 3 is 2.27 bits per heavy atom. The molecule has 0 fully saturated rings. The maximum absolute atomic E-state index is 3.77. The van der Waals surface area contributed by atoms with Crippen LogP contribution in [0.15, 0.2) is 49.6 Å². The largest absolute Gasteiger partial charge is 0.292 e. The molecule has 0 aliphatic heterocycles. The average Bonchev–Trinajstić information content (AvgIpc) is 2.22. The maximum atomic E-state index is 3.77. The summed E-state index contributed by atoms with van der Waals surface area (Å²) in [7, 11) is 0. The summed E-state index contributed by atoms with van der Waals surface area (Å²) >= 11 is 0. The van der Waals surface area contributed by atoms with E-state index in [1.54, 1.807) is 0 Å². The van der Waals surface area contributed by atoms with E-state index in [9.17, 15) is 0 Å². The fourth-order valence-corrected chi connectivity index (χ4v) is 1.60. The van der Waals surface area contributed by atoms with Gasteiger partial charge in [0.25, 0.3) is 0 Å². The summed E-state index contributed by atoms with van der Waals surface area (Å²) in [5, 5.41) is 0. The average molecular weight is 201 g/mol. The summed E-state index contributed by atoms with van der Waals surface area (Å²) in [6.45, 7) is 12.5. The molecular weight excluding hydrogens is 182 g/mol. The van der Waals surface area contributed by atoms with Gasteiger partial charge < -0.3 is 0 Å². The molecular formula is C14H19N. The second kappa shape index (κ2) is 6.20. The first-order chi connectivity index (χ1) is 7.27. The van der Waals surface area contributed by atoms with E-state index in [0.29, 0.717) is 0 Å². The van der Waals surface area contributed by atoms with Crippen LogP contribution in [0.5, 0.6) is 0 Å². The topological polar surface area (TPSA) is 3.24 Å². The Kier molecular flexibility index (Phi) is 4.85. The molecule has 0 radical (unpaired) electrons. The second-order valence-corrected chi connectivity index (χ2v) is 3.70. The number of rotatable bonds is 6. The van der Waals surface area contributed by atoms with Crippen LogP contribution in [-0.4, -0.2) is 18.0 Å². The Balaban J connectivity index is 2.68. The van der Waals surface area contributed by atoms with Crippen LogP contribution in [0.4, 0.5) is 0 Å². The molecule has 80 valence electrons. The first kappa shape index (κ1) is 11.7. The second-order valence-electron chi connectivity index (χ2n) is 3.70. The van der Waals surface area contributed by atoms with Crippen molar-refractivity contribution in [1.82, 2.24) is 4.90 Å². The Morgan fingerprint density at radius 1 is 1.13 bits per heavy atom. The predicted molar refractivity (Wildman–Crippen MR) is 66.9 cm³/mol. The third-order valence-electron chi connectivity index (χ3n) is 2.43. The fourth-order valence-electron chi connectivity index (χ4n) is 1.60. The van der Waals surface area contributed by atoms with Crippen molar-refractivity contribution in [3.05, 3.63) is 60.7 Å². The van der Waals surface area contributed by atoms with Gasteiger partial charge in [0.2, 0.25) is 0 Å². The predicted octanol–water partition coefficient (Wildman–Crippen LogP) is 3.17. The first-order valence-electron chi connectivity index (χ1n) is 5.26. The summed E-state index contributed by atoms with van der Waals surface area (Å²) in [5.41, 5.74) is 2.72. The van der Waals surface area contributed by atoms with Crippen molar-refractivity contribution in [2.45, 2.75) is 13.5 Å². The third kappa shape index (κ3) is 3.72. The molecule has 0 heterocycles. The molecule has 0 spiro atoms. The molecule has 0 saturated heterocycles. The van der Waals surface area contributed by atoms with Crippen LogP contribution in [0.2, 0.25) is 0 Å². The lowest BCUT2D eigenvalue weighted by molar-refractivity contribution is 0.327. The lowest BCUT2D eigenvalue weighted by atomic mass is 10.1. The number of hydrogen-bond acceptors (Lipinski definition) is 1. The lowest BCUT2D eigenvalue weighted by Gasteiger charge is -2.19. The molecule has 1 heteroatoms. The molecule has 15 heavy (non-hydrogen) atoms. The zero-order chi connectivity index (χ0) is 11.1. The highest BCUT2D eigenvalue weighted by Crippen LogP contribution is 2.10. The molecule has 0 bridgehead atoms. The van der Waals surface area contributed by atoms with Gasteiger partial charge in [0.1, 0.15) is 0 Å². The van der Waals surface area contributed by atoms with Gasteiger partial charge in [-0.15, -0.1) is 13.2 Å². The van der Waals surface area contributed by atoms with Crippen LogP contribution in [0.3, 0.4) is 0 Å². The van der Waals surface area contributed by atoms with Crippen LogP contribution in [-0.2, 0) is 6.54 Å². The normalized spacial score (nSPS) is 10.3. The Labute approximate surface area is 92.7 Å². The minimum absolute atomic E-state index is 0.903. The van der Waals surface area contributed by atoms with Gasteiger partial charge in [-0.25, -0.2) is 0 Å². The van der Waals surface area contributed by atoms with E-state index in [0.717, 1.165) is 19.6 Å². The highest BCUT2D eigenvalue weighted by molar-refractivity contribution is 5.25. The highest BCUT2D eigenvalue weighted by Gasteiger charge is 2.03. The van der Waals surface area contributed by atoms with Crippen LogP contribution in [0.25, 0.3) is 0 Å². The van der Waals surface area contributed by atoms with Crippen molar-refractivity contribution in [1.29, 1.82) is 0 Å². The van der Waals surface area contributed by atoms with Crippen molar-refractivity contribution in [3.8, 4) is 0 Å². The minimum atomic E-state index is 0.903. The van der Waals surface area contributed by atoms with Crippen molar-refractivity contribution < 1.29 is 0 Å². The van der Waals surface area contributed by atoms with E-state index in [4.69, 9.17) is 0 Å². The lowest BCUT2D eigenvalue weighted by Crippen LogP contribution is -2.23. The van der Waals surface area contributed by atoms with Crippen LogP contribution < -0.4 is 0 Å². The van der Waals surface area contributed by atoms with E-state index in [1.165, 1.54) is 11.1 Å². The van der Waals surface area contributed by atoms with Gasteiger partial charge in [-0.05, 0) is 18.1 Å². The van der Waals surface area contributed by atoms with Crippen LogP contribution >= 0.6 is 0 Å². The van der Waals surface area contributed by atoms with Gasteiger partial charge in [-0.1, -0.05) is 36.4 Å². The molecule has 0 atom stereocenters. The van der Waals surface area contributed by atoms with Gasteiger partial charge in [0.05, 0.1) is 0 Å². The van der Waals surface area contributed by atoms with Gasteiger partial charge in [0, 0.05) is 19.6 Å². The smallest absolute Gasteiger partial charge is 0.0242 e. The number of hydrogen-bond donors (Lipinski definition) is 0. The molecule has 1 nitrogen and oxygen atoms in total. The standard InChI is InChI=1S/C14H19N/c1-4-10-15(11-5-2)12-14-9-7-6-8-13(14)3/h4-9H,1-2,10-12H2,3H3. The van der Waals surface area contributed by atoms with Crippen LogP contribution in [0.1, 0.15) is 11.1 Å². The van der Waals surface area contributed by atoms with Crippen molar-refractivity contribution in [3.63, 3.8) is 0 Å². The summed E-state index contributed by atoms with van der Waals surface area (Å²) in [6, 6.07) is 8.48. The molecule has 0 aromatic heterocycles. The van der Waals surface area contributed by atoms with Gasteiger partial charge >= 0.3 is 0 Å². The van der Waals surface area contributed by atoms with Crippen molar-refractivity contribution in [2.24, 2.45) is 0 Å². The summed E-state index contributed by atoms with van der Waals surface area (Å²) in [6.07, 6.45) is 3.86. The number of nitrogens with zero attached hydrogens (tertiary/aromatic N) is 1. The quantitative estimate of drug-likeness (QED) is 0.639. The monoisotopic (exact) mass is 201 g/mol.